The smallest absolute Gasteiger partial charge is 0.325 e. The van der Waals surface area contributed by atoms with E-state index in [1.54, 1.807) is 0 Å². The predicted molar refractivity (Wildman–Crippen MR) is 97.3 cm³/mol. The van der Waals surface area contributed by atoms with E-state index in [0.29, 0.717) is 12.3 Å². The van der Waals surface area contributed by atoms with Crippen LogP contribution in [-0.2, 0) is 9.59 Å². The Kier molecular flexibility index (Phi) is 4.70. The van der Waals surface area contributed by atoms with Gasteiger partial charge in [0.2, 0.25) is 5.91 Å². The first-order valence-electron chi connectivity index (χ1n) is 10.4. The zero-order valence-corrected chi connectivity index (χ0v) is 15.8. The van der Waals surface area contributed by atoms with Crippen molar-refractivity contribution in [2.75, 3.05) is 19.6 Å². The zero-order chi connectivity index (χ0) is 18.3. The number of nitrogens with zero attached hydrogens (tertiary/aromatic N) is 2. The van der Waals surface area contributed by atoms with Crippen LogP contribution in [-0.4, -0.2) is 52.8 Å². The quantitative estimate of drug-likeness (QED) is 0.769. The number of imide groups is 1. The van der Waals surface area contributed by atoms with Gasteiger partial charge in [-0.15, -0.1) is 0 Å². The summed E-state index contributed by atoms with van der Waals surface area (Å²) in [7, 11) is 0. The van der Waals surface area contributed by atoms with Gasteiger partial charge in [-0.25, -0.2) is 4.79 Å². The molecule has 2 heterocycles. The molecule has 0 aromatic rings. The first-order valence-corrected chi connectivity index (χ1v) is 10.4. The molecule has 0 aromatic carbocycles. The molecule has 2 saturated carbocycles. The second kappa shape index (κ2) is 6.86. The fourth-order valence-corrected chi connectivity index (χ4v) is 5.70. The number of urea groups is 1. The Morgan fingerprint density at radius 1 is 1.08 bits per heavy atom. The number of amides is 4. The van der Waals surface area contributed by atoms with Gasteiger partial charge in [-0.3, -0.25) is 14.5 Å². The van der Waals surface area contributed by atoms with Crippen LogP contribution < -0.4 is 5.32 Å². The second-order valence-electron chi connectivity index (χ2n) is 8.87. The van der Waals surface area contributed by atoms with Crippen LogP contribution in [0.3, 0.4) is 0 Å². The van der Waals surface area contributed by atoms with Crippen molar-refractivity contribution in [3.8, 4) is 0 Å². The molecule has 1 spiro atoms. The lowest BCUT2D eigenvalue weighted by atomic mass is 9.73. The van der Waals surface area contributed by atoms with E-state index < -0.39 is 5.54 Å². The Hall–Kier alpha value is -1.59. The van der Waals surface area contributed by atoms with E-state index in [4.69, 9.17) is 0 Å². The molecule has 6 nitrogen and oxygen atoms in total. The summed E-state index contributed by atoms with van der Waals surface area (Å²) in [5.41, 5.74) is -0.772. The maximum Gasteiger partial charge on any atom is 0.325 e. The van der Waals surface area contributed by atoms with Crippen LogP contribution in [0.4, 0.5) is 4.79 Å². The van der Waals surface area contributed by atoms with E-state index in [0.717, 1.165) is 44.7 Å². The average Bonchev–Trinajstić information content (AvgIpc) is 2.89. The molecule has 0 radical (unpaired) electrons. The van der Waals surface area contributed by atoms with E-state index in [1.807, 2.05) is 11.8 Å². The van der Waals surface area contributed by atoms with Gasteiger partial charge in [0.05, 0.1) is 0 Å². The molecule has 0 bridgehead atoms. The minimum absolute atomic E-state index is 0.0713. The normalized spacial score (nSPS) is 37.7. The Balaban J connectivity index is 1.41. The Bertz CT molecular complexity index is 607. The summed E-state index contributed by atoms with van der Waals surface area (Å²) in [5, 5.41) is 2.94. The lowest BCUT2D eigenvalue weighted by molar-refractivity contribution is -0.142. The van der Waals surface area contributed by atoms with Crippen molar-refractivity contribution >= 4 is 17.8 Å². The number of hydrogen-bond donors (Lipinski definition) is 1. The van der Waals surface area contributed by atoms with Gasteiger partial charge in [-0.05, 0) is 43.4 Å². The molecule has 4 rings (SSSR count). The fraction of sp³-hybridized carbons (Fsp3) is 0.850. The first-order chi connectivity index (χ1) is 12.5. The number of rotatable bonds is 2. The fourth-order valence-electron chi connectivity index (χ4n) is 5.70. The molecule has 26 heavy (non-hydrogen) atoms. The molecular weight excluding hydrogens is 330 g/mol. The van der Waals surface area contributed by atoms with Crippen molar-refractivity contribution in [3.63, 3.8) is 0 Å². The number of carbonyl (C=O) groups is 3. The molecule has 4 atom stereocenters. The van der Waals surface area contributed by atoms with Crippen molar-refractivity contribution in [2.24, 2.45) is 17.8 Å². The number of nitrogens with one attached hydrogen (secondary N) is 1. The molecular formula is C20H31N3O3. The predicted octanol–water partition coefficient (Wildman–Crippen LogP) is 2.53. The van der Waals surface area contributed by atoms with Crippen molar-refractivity contribution in [1.29, 1.82) is 0 Å². The maximum atomic E-state index is 13.0. The molecule has 144 valence electrons. The third-order valence-electron chi connectivity index (χ3n) is 7.44. The topological polar surface area (TPSA) is 69.7 Å². The largest absolute Gasteiger partial charge is 0.341 e. The number of carbonyl (C=O) groups excluding carboxylic acids is 3. The van der Waals surface area contributed by atoms with E-state index >= 15 is 0 Å². The Morgan fingerprint density at radius 3 is 2.58 bits per heavy atom. The second-order valence-corrected chi connectivity index (χ2v) is 8.87. The standard InChI is InChI=1S/C20H31N3O3/c1-14-6-4-5-10-20(14)18(25)23(19(26)21-20)13-17(24)22-11-9-15-7-2-3-8-16(15)12-22/h14-16H,2-13H2,1H3,(H,21,26). The van der Waals surface area contributed by atoms with Crippen LogP contribution in [0.1, 0.15) is 64.7 Å². The lowest BCUT2D eigenvalue weighted by Crippen LogP contribution is -2.54. The highest BCUT2D eigenvalue weighted by molar-refractivity contribution is 6.09. The lowest BCUT2D eigenvalue weighted by Gasteiger charge is -2.41. The van der Waals surface area contributed by atoms with Crippen molar-refractivity contribution in [3.05, 3.63) is 0 Å². The van der Waals surface area contributed by atoms with E-state index in [9.17, 15) is 14.4 Å². The number of fused-ring (bicyclic) bond motifs is 1. The highest BCUT2D eigenvalue weighted by Gasteiger charge is 2.55. The first kappa shape index (κ1) is 17.8. The molecule has 6 heteroatoms. The van der Waals surface area contributed by atoms with Gasteiger partial charge in [0.15, 0.2) is 0 Å². The molecule has 4 unspecified atom stereocenters. The van der Waals surface area contributed by atoms with Crippen molar-refractivity contribution < 1.29 is 14.4 Å². The Morgan fingerprint density at radius 2 is 1.81 bits per heavy atom. The van der Waals surface area contributed by atoms with Gasteiger partial charge >= 0.3 is 6.03 Å². The number of piperidine rings is 1. The molecule has 2 aliphatic carbocycles. The molecule has 4 amide bonds. The monoisotopic (exact) mass is 361 g/mol. The van der Waals surface area contributed by atoms with Crippen LogP contribution in [0.25, 0.3) is 0 Å². The highest BCUT2D eigenvalue weighted by atomic mass is 16.2. The van der Waals surface area contributed by atoms with Crippen LogP contribution >= 0.6 is 0 Å². The summed E-state index contributed by atoms with van der Waals surface area (Å²) in [6.07, 6.45) is 9.83. The van der Waals surface area contributed by atoms with Crippen LogP contribution in [0.15, 0.2) is 0 Å². The Labute approximate surface area is 155 Å². The summed E-state index contributed by atoms with van der Waals surface area (Å²) < 4.78 is 0. The molecule has 0 aromatic heterocycles. The van der Waals surface area contributed by atoms with E-state index in [1.165, 1.54) is 30.6 Å². The van der Waals surface area contributed by atoms with E-state index in [2.05, 4.69) is 5.32 Å². The summed E-state index contributed by atoms with van der Waals surface area (Å²) in [6.45, 7) is 3.51. The minimum Gasteiger partial charge on any atom is -0.341 e. The molecule has 1 N–H and O–H groups in total. The molecule has 2 saturated heterocycles. The summed E-state index contributed by atoms with van der Waals surface area (Å²) in [4.78, 5) is 41.4. The van der Waals surface area contributed by atoms with Crippen LogP contribution in [0.2, 0.25) is 0 Å². The van der Waals surface area contributed by atoms with E-state index in [-0.39, 0.29) is 30.3 Å². The average molecular weight is 361 g/mol. The molecule has 4 fully saturated rings. The molecule has 2 aliphatic heterocycles. The zero-order valence-electron chi connectivity index (χ0n) is 15.8. The van der Waals surface area contributed by atoms with Crippen LogP contribution in [0.5, 0.6) is 0 Å². The van der Waals surface area contributed by atoms with Crippen molar-refractivity contribution in [2.45, 2.75) is 70.3 Å². The van der Waals surface area contributed by atoms with Gasteiger partial charge < -0.3 is 10.2 Å². The SMILES string of the molecule is CC1CCCCC12NC(=O)N(CC(=O)N1CCC3CCCCC3C1)C2=O. The van der Waals surface area contributed by atoms with Gasteiger partial charge in [0, 0.05) is 13.1 Å². The van der Waals surface area contributed by atoms with Crippen LogP contribution in [0, 0.1) is 17.8 Å². The van der Waals surface area contributed by atoms with Crippen molar-refractivity contribution in [1.82, 2.24) is 15.1 Å². The molecule has 4 aliphatic rings. The third kappa shape index (κ3) is 2.91. The van der Waals surface area contributed by atoms with Gasteiger partial charge in [0.25, 0.3) is 5.91 Å². The summed E-state index contributed by atoms with van der Waals surface area (Å²) in [5.74, 6) is 1.24. The summed E-state index contributed by atoms with van der Waals surface area (Å²) in [6, 6.07) is -0.385. The van der Waals surface area contributed by atoms with Gasteiger partial charge in [0.1, 0.15) is 12.1 Å². The third-order valence-corrected chi connectivity index (χ3v) is 7.44. The minimum atomic E-state index is -0.772. The van der Waals surface area contributed by atoms with Gasteiger partial charge in [-0.1, -0.05) is 39.0 Å². The maximum absolute atomic E-state index is 13.0. The number of hydrogen-bond acceptors (Lipinski definition) is 3. The highest BCUT2D eigenvalue weighted by Crippen LogP contribution is 2.39. The van der Waals surface area contributed by atoms with Gasteiger partial charge in [-0.2, -0.15) is 0 Å². The summed E-state index contributed by atoms with van der Waals surface area (Å²) >= 11 is 0. The number of likely N-dealkylation sites (tertiary alicyclic amines) is 1.